The lowest BCUT2D eigenvalue weighted by atomic mass is 9.89. The van der Waals surface area contributed by atoms with E-state index >= 15 is 0 Å². The zero-order valence-electron chi connectivity index (χ0n) is 11.6. The van der Waals surface area contributed by atoms with Gasteiger partial charge in [-0.3, -0.25) is 0 Å². The number of nitrogens with two attached hydrogens (primary N) is 1. The van der Waals surface area contributed by atoms with Crippen molar-refractivity contribution in [3.05, 3.63) is 22.2 Å². The molecular formula is C15H22BrNO2. The summed E-state index contributed by atoms with van der Waals surface area (Å²) in [5, 5.41) is 0. The molecule has 106 valence electrons. The quantitative estimate of drug-likeness (QED) is 0.912. The molecule has 3 nitrogen and oxygen atoms in total. The fourth-order valence-corrected chi connectivity index (χ4v) is 3.10. The topological polar surface area (TPSA) is 44.5 Å². The standard InChI is InChI=1S/C15H22BrNO2/c1-10-3-5-12(6-4-10)19-15-13(16)7-11(9-17)8-14(15)18-2/h7-8,10,12H,3-6,9,17H2,1-2H3. The number of methoxy groups -OCH3 is 1. The Morgan fingerprint density at radius 1 is 1.26 bits per heavy atom. The second kappa shape index (κ2) is 6.62. The highest BCUT2D eigenvalue weighted by molar-refractivity contribution is 9.10. The third-order valence-corrected chi connectivity index (χ3v) is 4.36. The zero-order valence-corrected chi connectivity index (χ0v) is 13.2. The number of ether oxygens (including phenoxy) is 2. The molecular weight excluding hydrogens is 306 g/mol. The van der Waals surface area contributed by atoms with Crippen LogP contribution in [-0.4, -0.2) is 13.2 Å². The second-order valence-electron chi connectivity index (χ2n) is 5.31. The first-order chi connectivity index (χ1) is 9.13. The molecule has 1 aromatic rings. The maximum Gasteiger partial charge on any atom is 0.175 e. The van der Waals surface area contributed by atoms with Crippen molar-refractivity contribution in [2.45, 2.75) is 45.3 Å². The summed E-state index contributed by atoms with van der Waals surface area (Å²) in [4.78, 5) is 0. The maximum atomic E-state index is 6.14. The molecule has 1 fully saturated rings. The minimum atomic E-state index is 0.296. The Bertz CT molecular complexity index is 428. The number of benzene rings is 1. The van der Waals surface area contributed by atoms with Gasteiger partial charge in [-0.1, -0.05) is 6.92 Å². The van der Waals surface area contributed by atoms with Gasteiger partial charge in [0, 0.05) is 6.54 Å². The molecule has 0 aliphatic heterocycles. The highest BCUT2D eigenvalue weighted by Crippen LogP contribution is 2.39. The molecule has 2 rings (SSSR count). The molecule has 1 saturated carbocycles. The van der Waals surface area contributed by atoms with Crippen LogP contribution in [0.25, 0.3) is 0 Å². The summed E-state index contributed by atoms with van der Waals surface area (Å²) < 4.78 is 12.5. The van der Waals surface area contributed by atoms with Crippen molar-refractivity contribution >= 4 is 15.9 Å². The van der Waals surface area contributed by atoms with Crippen molar-refractivity contribution in [2.24, 2.45) is 11.7 Å². The fourth-order valence-electron chi connectivity index (χ4n) is 2.52. The van der Waals surface area contributed by atoms with Gasteiger partial charge in [0.25, 0.3) is 0 Å². The van der Waals surface area contributed by atoms with Crippen LogP contribution in [0.3, 0.4) is 0 Å². The molecule has 19 heavy (non-hydrogen) atoms. The van der Waals surface area contributed by atoms with Crippen molar-refractivity contribution in [3.8, 4) is 11.5 Å². The molecule has 1 aromatic carbocycles. The monoisotopic (exact) mass is 327 g/mol. The summed E-state index contributed by atoms with van der Waals surface area (Å²) in [5.41, 5.74) is 6.71. The van der Waals surface area contributed by atoms with E-state index in [1.54, 1.807) is 7.11 Å². The van der Waals surface area contributed by atoms with Crippen LogP contribution in [0.1, 0.15) is 38.2 Å². The van der Waals surface area contributed by atoms with Crippen molar-refractivity contribution in [2.75, 3.05) is 7.11 Å². The minimum Gasteiger partial charge on any atom is -0.493 e. The summed E-state index contributed by atoms with van der Waals surface area (Å²) in [6, 6.07) is 3.95. The molecule has 0 amide bonds. The van der Waals surface area contributed by atoms with Crippen molar-refractivity contribution < 1.29 is 9.47 Å². The van der Waals surface area contributed by atoms with Crippen molar-refractivity contribution in [3.63, 3.8) is 0 Å². The van der Waals surface area contributed by atoms with Crippen LogP contribution in [-0.2, 0) is 6.54 Å². The lowest BCUT2D eigenvalue weighted by Gasteiger charge is -2.28. The van der Waals surface area contributed by atoms with Crippen LogP contribution in [0.15, 0.2) is 16.6 Å². The summed E-state index contributed by atoms with van der Waals surface area (Å²) in [7, 11) is 1.66. The highest BCUT2D eigenvalue weighted by atomic mass is 79.9. The SMILES string of the molecule is COc1cc(CN)cc(Br)c1OC1CCC(C)CC1. The van der Waals surface area contributed by atoms with Gasteiger partial charge in [0.15, 0.2) is 11.5 Å². The highest BCUT2D eigenvalue weighted by Gasteiger charge is 2.22. The van der Waals surface area contributed by atoms with Gasteiger partial charge in [0.1, 0.15) is 0 Å². The zero-order chi connectivity index (χ0) is 13.8. The Morgan fingerprint density at radius 3 is 2.53 bits per heavy atom. The van der Waals surface area contributed by atoms with Gasteiger partial charge < -0.3 is 15.2 Å². The Morgan fingerprint density at radius 2 is 1.95 bits per heavy atom. The van der Waals surface area contributed by atoms with Crippen molar-refractivity contribution in [1.29, 1.82) is 0 Å². The first kappa shape index (κ1) is 14.7. The molecule has 0 saturated heterocycles. The van der Waals surface area contributed by atoms with E-state index in [1.165, 1.54) is 12.8 Å². The fraction of sp³-hybridized carbons (Fsp3) is 0.600. The summed E-state index contributed by atoms with van der Waals surface area (Å²) in [5.74, 6) is 2.39. The van der Waals surface area contributed by atoms with Crippen LogP contribution in [0.2, 0.25) is 0 Å². The van der Waals surface area contributed by atoms with Gasteiger partial charge in [0.2, 0.25) is 0 Å². The van der Waals surface area contributed by atoms with Crippen LogP contribution in [0.4, 0.5) is 0 Å². The third kappa shape index (κ3) is 3.63. The van der Waals surface area contributed by atoms with Crippen LogP contribution in [0, 0.1) is 5.92 Å². The summed E-state index contributed by atoms with van der Waals surface area (Å²) in [6.07, 6.45) is 5.02. The Hall–Kier alpha value is -0.740. The molecule has 0 spiro atoms. The Labute approximate surface area is 123 Å². The van der Waals surface area contributed by atoms with Crippen LogP contribution in [0.5, 0.6) is 11.5 Å². The van der Waals surface area contributed by atoms with Crippen molar-refractivity contribution in [1.82, 2.24) is 0 Å². The smallest absolute Gasteiger partial charge is 0.175 e. The number of hydrogen-bond acceptors (Lipinski definition) is 3. The average molecular weight is 328 g/mol. The normalized spacial score (nSPS) is 23.2. The molecule has 4 heteroatoms. The molecule has 0 bridgehead atoms. The van der Waals surface area contributed by atoms with E-state index in [1.807, 2.05) is 12.1 Å². The van der Waals surface area contributed by atoms with Crippen LogP contribution < -0.4 is 15.2 Å². The molecule has 0 radical (unpaired) electrons. The van der Waals surface area contributed by atoms with Gasteiger partial charge in [-0.25, -0.2) is 0 Å². The van der Waals surface area contributed by atoms with E-state index in [9.17, 15) is 0 Å². The lowest BCUT2D eigenvalue weighted by molar-refractivity contribution is 0.130. The second-order valence-corrected chi connectivity index (χ2v) is 6.17. The van der Waals surface area contributed by atoms with Gasteiger partial charge in [-0.05, 0) is 65.2 Å². The Balaban J connectivity index is 2.15. The summed E-state index contributed by atoms with van der Waals surface area (Å²) in [6.45, 7) is 2.80. The molecule has 2 N–H and O–H groups in total. The van der Waals surface area contributed by atoms with E-state index in [-0.39, 0.29) is 0 Å². The van der Waals surface area contributed by atoms with Gasteiger partial charge in [0.05, 0.1) is 17.7 Å². The third-order valence-electron chi connectivity index (χ3n) is 3.77. The Kier molecular flexibility index (Phi) is 5.11. The molecule has 0 atom stereocenters. The lowest BCUT2D eigenvalue weighted by Crippen LogP contribution is -2.23. The van der Waals surface area contributed by atoms with E-state index in [0.29, 0.717) is 12.6 Å². The predicted molar refractivity (Wildman–Crippen MR) is 80.6 cm³/mol. The predicted octanol–water partition coefficient (Wildman–Crippen LogP) is 3.87. The van der Waals surface area contributed by atoms with Gasteiger partial charge >= 0.3 is 0 Å². The first-order valence-electron chi connectivity index (χ1n) is 6.87. The minimum absolute atomic E-state index is 0.296. The number of rotatable bonds is 4. The van der Waals surface area contributed by atoms with E-state index in [0.717, 1.165) is 40.3 Å². The molecule has 1 aliphatic rings. The van der Waals surface area contributed by atoms with Gasteiger partial charge in [-0.2, -0.15) is 0 Å². The molecule has 1 aliphatic carbocycles. The molecule has 0 unspecified atom stereocenters. The van der Waals surface area contributed by atoms with E-state index < -0.39 is 0 Å². The average Bonchev–Trinajstić information content (AvgIpc) is 2.43. The summed E-state index contributed by atoms with van der Waals surface area (Å²) >= 11 is 3.56. The molecule has 0 aromatic heterocycles. The number of halogens is 1. The van der Waals surface area contributed by atoms with E-state index in [4.69, 9.17) is 15.2 Å². The van der Waals surface area contributed by atoms with E-state index in [2.05, 4.69) is 22.9 Å². The molecule has 0 heterocycles. The maximum absolute atomic E-state index is 6.14. The first-order valence-corrected chi connectivity index (χ1v) is 7.66. The van der Waals surface area contributed by atoms with Gasteiger partial charge in [-0.15, -0.1) is 0 Å². The van der Waals surface area contributed by atoms with Crippen LogP contribution >= 0.6 is 15.9 Å². The number of hydrogen-bond donors (Lipinski definition) is 1. The largest absolute Gasteiger partial charge is 0.493 e.